The van der Waals surface area contributed by atoms with E-state index in [0.717, 1.165) is 0 Å². The lowest BCUT2D eigenvalue weighted by molar-refractivity contribution is 0.0549. The highest BCUT2D eigenvalue weighted by Crippen LogP contribution is 2.30. The van der Waals surface area contributed by atoms with E-state index in [-0.39, 0.29) is 41.9 Å². The van der Waals surface area contributed by atoms with Gasteiger partial charge in [0.2, 0.25) is 0 Å². The number of esters is 2. The second kappa shape index (κ2) is 11.2. The molecule has 0 unspecified atom stereocenters. The lowest BCUT2D eigenvalue weighted by Gasteiger charge is -2.14. The molecule has 5 rings (SSSR count). The van der Waals surface area contributed by atoms with Gasteiger partial charge in [-0.25, -0.2) is 14.3 Å². The Labute approximate surface area is 229 Å². The number of rotatable bonds is 9. The molecule has 1 aliphatic rings. The van der Waals surface area contributed by atoms with Crippen LogP contribution in [0.1, 0.15) is 48.0 Å². The minimum atomic E-state index is -0.735. The first kappa shape index (κ1) is 26.4. The van der Waals surface area contributed by atoms with Gasteiger partial charge in [0, 0.05) is 12.1 Å². The molecule has 0 radical (unpaired) electrons. The molecule has 10 heteroatoms. The van der Waals surface area contributed by atoms with Crippen LogP contribution >= 0.6 is 0 Å². The van der Waals surface area contributed by atoms with Crippen molar-refractivity contribution >= 4 is 23.8 Å². The van der Waals surface area contributed by atoms with Crippen molar-refractivity contribution < 1.29 is 33.4 Å². The van der Waals surface area contributed by atoms with E-state index >= 15 is 0 Å². The Kier molecular flexibility index (Phi) is 7.41. The molecular formula is C30H25N3O7. The monoisotopic (exact) mass is 539 g/mol. The Morgan fingerprint density at radius 2 is 1.38 bits per heavy atom. The number of methoxy groups -OCH3 is 2. The lowest BCUT2D eigenvalue weighted by atomic mass is 10.1. The van der Waals surface area contributed by atoms with E-state index in [1.807, 2.05) is 6.07 Å². The zero-order valence-electron chi connectivity index (χ0n) is 21.8. The molecular weight excluding hydrogens is 514 g/mol. The summed E-state index contributed by atoms with van der Waals surface area (Å²) in [5.74, 6) is -1.52. The summed E-state index contributed by atoms with van der Waals surface area (Å²) in [5.41, 5.74) is 2.13. The van der Waals surface area contributed by atoms with E-state index in [1.54, 1.807) is 72.8 Å². The SMILES string of the molecule is COC(=O)c1c(-c2ccc(OCCCN3C(=O)c4ccccc4C3=O)cc2)nn(-c2ccccc2)c1C(=O)OC. The molecule has 0 bridgehead atoms. The van der Waals surface area contributed by atoms with Gasteiger partial charge >= 0.3 is 11.9 Å². The summed E-state index contributed by atoms with van der Waals surface area (Å²) < 4.78 is 17.1. The summed E-state index contributed by atoms with van der Waals surface area (Å²) >= 11 is 0. The van der Waals surface area contributed by atoms with Crippen LogP contribution in [0.5, 0.6) is 5.75 Å². The lowest BCUT2D eigenvalue weighted by Crippen LogP contribution is -2.31. The summed E-state index contributed by atoms with van der Waals surface area (Å²) in [4.78, 5) is 51.8. The number of aromatic nitrogens is 2. The molecule has 3 aromatic carbocycles. The molecule has 0 N–H and O–H groups in total. The Morgan fingerprint density at radius 1 is 0.775 bits per heavy atom. The van der Waals surface area contributed by atoms with E-state index in [4.69, 9.17) is 14.2 Å². The summed E-state index contributed by atoms with van der Waals surface area (Å²) in [6, 6.07) is 22.5. The van der Waals surface area contributed by atoms with Gasteiger partial charge in [-0.3, -0.25) is 14.5 Å². The molecule has 0 spiro atoms. The molecule has 2 amide bonds. The number of imide groups is 1. The van der Waals surface area contributed by atoms with Gasteiger partial charge in [0.25, 0.3) is 11.8 Å². The molecule has 2 heterocycles. The average Bonchev–Trinajstić information content (AvgIpc) is 3.51. The number of hydrogen-bond donors (Lipinski definition) is 0. The Bertz CT molecular complexity index is 1560. The van der Waals surface area contributed by atoms with Crippen molar-refractivity contribution in [2.75, 3.05) is 27.4 Å². The number of amides is 2. The second-order valence-corrected chi connectivity index (χ2v) is 8.84. The number of nitrogens with zero attached hydrogens (tertiary/aromatic N) is 3. The molecule has 10 nitrogen and oxygen atoms in total. The molecule has 0 saturated carbocycles. The minimum Gasteiger partial charge on any atom is -0.494 e. The quantitative estimate of drug-likeness (QED) is 0.177. The number of benzene rings is 3. The maximum absolute atomic E-state index is 12.8. The molecule has 1 aromatic heterocycles. The molecule has 202 valence electrons. The van der Waals surface area contributed by atoms with E-state index < -0.39 is 11.9 Å². The van der Waals surface area contributed by atoms with Crippen LogP contribution in [0, 0.1) is 0 Å². The zero-order valence-corrected chi connectivity index (χ0v) is 21.8. The number of carbonyl (C=O) groups is 4. The van der Waals surface area contributed by atoms with E-state index in [2.05, 4.69) is 5.10 Å². The number of carbonyl (C=O) groups excluding carboxylic acids is 4. The predicted octanol–water partition coefficient (Wildman–Crippen LogP) is 4.18. The highest BCUT2D eigenvalue weighted by molar-refractivity contribution is 6.21. The van der Waals surface area contributed by atoms with Crippen molar-refractivity contribution in [1.29, 1.82) is 0 Å². The van der Waals surface area contributed by atoms with Gasteiger partial charge in [0.1, 0.15) is 17.0 Å². The van der Waals surface area contributed by atoms with E-state index in [1.165, 1.54) is 23.8 Å². The summed E-state index contributed by atoms with van der Waals surface area (Å²) in [6.45, 7) is 0.509. The third-order valence-electron chi connectivity index (χ3n) is 6.46. The van der Waals surface area contributed by atoms with Crippen molar-refractivity contribution in [3.05, 3.63) is 101 Å². The maximum atomic E-state index is 12.8. The number of para-hydroxylation sites is 1. The smallest absolute Gasteiger partial charge is 0.357 e. The fourth-order valence-corrected chi connectivity index (χ4v) is 4.52. The van der Waals surface area contributed by atoms with E-state index in [0.29, 0.717) is 34.5 Å². The van der Waals surface area contributed by atoms with Crippen LogP contribution in [0.25, 0.3) is 16.9 Å². The van der Waals surface area contributed by atoms with Gasteiger partial charge in [-0.1, -0.05) is 30.3 Å². The molecule has 40 heavy (non-hydrogen) atoms. The summed E-state index contributed by atoms with van der Waals surface area (Å²) in [7, 11) is 2.46. The highest BCUT2D eigenvalue weighted by Gasteiger charge is 2.34. The van der Waals surface area contributed by atoms with Crippen LogP contribution in [-0.4, -0.2) is 65.8 Å². The van der Waals surface area contributed by atoms with Crippen LogP contribution in [0.3, 0.4) is 0 Å². The van der Waals surface area contributed by atoms with Crippen molar-refractivity contribution in [3.63, 3.8) is 0 Å². The standard InChI is InChI=1S/C30H25N3O7/c1-38-29(36)24-25(31-33(26(24)30(37)39-2)20-9-4-3-5-10-20)19-13-15-21(16-14-19)40-18-8-17-32-27(34)22-11-6-7-12-23(22)28(32)35/h3-7,9-16H,8,17-18H2,1-2H3. The molecule has 0 fully saturated rings. The Hall–Kier alpha value is -5.25. The first-order valence-electron chi connectivity index (χ1n) is 12.5. The third-order valence-corrected chi connectivity index (χ3v) is 6.46. The van der Waals surface area contributed by atoms with Crippen molar-refractivity contribution in [3.8, 4) is 22.7 Å². The van der Waals surface area contributed by atoms with Gasteiger partial charge < -0.3 is 14.2 Å². The van der Waals surface area contributed by atoms with Gasteiger partial charge in [0.05, 0.1) is 37.6 Å². The first-order chi connectivity index (χ1) is 19.4. The van der Waals surface area contributed by atoms with Crippen molar-refractivity contribution in [2.24, 2.45) is 0 Å². The number of fused-ring (bicyclic) bond motifs is 1. The van der Waals surface area contributed by atoms with Crippen LogP contribution in [-0.2, 0) is 9.47 Å². The maximum Gasteiger partial charge on any atom is 0.357 e. The highest BCUT2D eigenvalue weighted by atomic mass is 16.5. The normalized spacial score (nSPS) is 12.3. The topological polar surface area (TPSA) is 117 Å². The second-order valence-electron chi connectivity index (χ2n) is 8.84. The minimum absolute atomic E-state index is 0.0205. The zero-order chi connectivity index (χ0) is 28.2. The third kappa shape index (κ3) is 4.82. The molecule has 0 aliphatic carbocycles. The predicted molar refractivity (Wildman–Crippen MR) is 144 cm³/mol. The molecule has 1 aliphatic heterocycles. The number of hydrogen-bond acceptors (Lipinski definition) is 8. The largest absolute Gasteiger partial charge is 0.494 e. The van der Waals surface area contributed by atoms with Crippen molar-refractivity contribution in [2.45, 2.75) is 6.42 Å². The fourth-order valence-electron chi connectivity index (χ4n) is 4.52. The fraction of sp³-hybridized carbons (Fsp3) is 0.167. The molecule has 0 atom stereocenters. The van der Waals surface area contributed by atoms with Gasteiger partial charge in [-0.15, -0.1) is 0 Å². The number of ether oxygens (including phenoxy) is 3. The molecule has 0 saturated heterocycles. The van der Waals surface area contributed by atoms with Crippen LogP contribution < -0.4 is 4.74 Å². The Balaban J connectivity index is 1.32. The van der Waals surface area contributed by atoms with Crippen LogP contribution in [0.2, 0.25) is 0 Å². The van der Waals surface area contributed by atoms with E-state index in [9.17, 15) is 19.2 Å². The first-order valence-corrected chi connectivity index (χ1v) is 12.5. The Morgan fingerprint density at radius 3 is 1.98 bits per heavy atom. The van der Waals surface area contributed by atoms with Gasteiger partial charge in [-0.2, -0.15) is 5.10 Å². The molecule has 4 aromatic rings. The van der Waals surface area contributed by atoms with Gasteiger partial charge in [-0.05, 0) is 55.0 Å². The summed E-state index contributed by atoms with van der Waals surface area (Å²) in [5, 5.41) is 4.57. The summed E-state index contributed by atoms with van der Waals surface area (Å²) in [6.07, 6.45) is 0.448. The van der Waals surface area contributed by atoms with Crippen LogP contribution in [0.4, 0.5) is 0 Å². The van der Waals surface area contributed by atoms with Crippen LogP contribution in [0.15, 0.2) is 78.9 Å². The van der Waals surface area contributed by atoms with Gasteiger partial charge in [0.15, 0.2) is 5.69 Å². The van der Waals surface area contributed by atoms with Crippen molar-refractivity contribution in [1.82, 2.24) is 14.7 Å². The average molecular weight is 540 g/mol.